The van der Waals surface area contributed by atoms with Crippen LogP contribution >= 0.6 is 0 Å². The summed E-state index contributed by atoms with van der Waals surface area (Å²) in [6, 6.07) is 0. The first-order valence-corrected chi connectivity index (χ1v) is 4.11. The highest BCUT2D eigenvalue weighted by Crippen LogP contribution is 2.17. The molecular weight excluding hydrogens is 132 g/mol. The number of allylic oxidation sites excluding steroid dienone is 4. The first kappa shape index (κ1) is 10.2. The van der Waals surface area contributed by atoms with Crippen LogP contribution in [-0.2, 0) is 0 Å². The van der Waals surface area contributed by atoms with E-state index in [2.05, 4.69) is 27.0 Å². The van der Waals surface area contributed by atoms with Crippen molar-refractivity contribution in [2.24, 2.45) is 0 Å². The zero-order valence-corrected chi connectivity index (χ0v) is 7.91. The van der Waals surface area contributed by atoms with E-state index in [-0.39, 0.29) is 0 Å². The topological polar surface area (TPSA) is 0 Å². The molecule has 0 atom stereocenters. The molecule has 0 radical (unpaired) electrons. The molecule has 0 amide bonds. The van der Waals surface area contributed by atoms with Gasteiger partial charge in [0.05, 0.1) is 0 Å². The van der Waals surface area contributed by atoms with E-state index in [0.717, 1.165) is 12.0 Å². The molecule has 0 unspecified atom stereocenters. The van der Waals surface area contributed by atoms with Gasteiger partial charge in [0.15, 0.2) is 0 Å². The minimum atomic E-state index is 1.11. The van der Waals surface area contributed by atoms with Crippen LogP contribution in [0.25, 0.3) is 0 Å². The van der Waals surface area contributed by atoms with Crippen LogP contribution in [0.4, 0.5) is 0 Å². The number of hydrogen-bond donors (Lipinski definition) is 0. The highest BCUT2D eigenvalue weighted by Gasteiger charge is 1.97. The molecule has 0 N–H and O–H groups in total. The Bertz CT molecular complexity index is 182. The van der Waals surface area contributed by atoms with Gasteiger partial charge in [-0.2, -0.15) is 0 Å². The zero-order valence-electron chi connectivity index (χ0n) is 7.91. The first-order chi connectivity index (χ1) is 5.13. The van der Waals surface area contributed by atoms with Crippen molar-refractivity contribution in [3.8, 4) is 0 Å². The average Bonchev–Trinajstić information content (AvgIpc) is 1.98. The first-order valence-electron chi connectivity index (χ1n) is 4.11. The van der Waals surface area contributed by atoms with Gasteiger partial charge in [-0.25, -0.2) is 0 Å². The lowest BCUT2D eigenvalue weighted by Gasteiger charge is -2.05. The monoisotopic (exact) mass is 150 g/mol. The van der Waals surface area contributed by atoms with Gasteiger partial charge in [0.25, 0.3) is 0 Å². The van der Waals surface area contributed by atoms with Crippen LogP contribution in [0.5, 0.6) is 0 Å². The van der Waals surface area contributed by atoms with Gasteiger partial charge in [0.1, 0.15) is 0 Å². The smallest absolute Gasteiger partial charge is 0.0279 e. The van der Waals surface area contributed by atoms with Gasteiger partial charge >= 0.3 is 0 Å². The summed E-state index contributed by atoms with van der Waals surface area (Å²) in [7, 11) is 0. The van der Waals surface area contributed by atoms with Crippen molar-refractivity contribution in [3.63, 3.8) is 0 Å². The molecule has 62 valence electrons. The summed E-state index contributed by atoms with van der Waals surface area (Å²) in [6.07, 6.45) is 4.22. The van der Waals surface area contributed by atoms with Gasteiger partial charge in [-0.1, -0.05) is 38.2 Å². The Hall–Kier alpha value is -0.780. The van der Waals surface area contributed by atoms with Gasteiger partial charge in [-0.15, -0.1) is 0 Å². The van der Waals surface area contributed by atoms with E-state index in [4.69, 9.17) is 0 Å². The van der Waals surface area contributed by atoms with Crippen molar-refractivity contribution in [3.05, 3.63) is 36.0 Å². The van der Waals surface area contributed by atoms with Crippen LogP contribution in [0.3, 0.4) is 0 Å². The Kier molecular flexibility index (Phi) is 4.60. The highest BCUT2D eigenvalue weighted by atomic mass is 14.0. The van der Waals surface area contributed by atoms with E-state index in [1.807, 2.05) is 13.0 Å². The minimum absolute atomic E-state index is 1.11. The highest BCUT2D eigenvalue weighted by molar-refractivity contribution is 5.35. The van der Waals surface area contributed by atoms with E-state index in [1.165, 1.54) is 17.6 Å². The molecule has 0 rings (SSSR count). The number of hydrogen-bond acceptors (Lipinski definition) is 0. The third kappa shape index (κ3) is 3.22. The van der Waals surface area contributed by atoms with Gasteiger partial charge in [-0.3, -0.25) is 0 Å². The van der Waals surface area contributed by atoms with E-state index in [1.54, 1.807) is 0 Å². The maximum atomic E-state index is 3.90. The predicted octanol–water partition coefficient (Wildman–Crippen LogP) is 3.87. The molecule has 0 aliphatic heterocycles. The Morgan fingerprint density at radius 2 is 1.91 bits per heavy atom. The molecule has 0 aromatic heterocycles. The maximum Gasteiger partial charge on any atom is -0.0279 e. The fourth-order valence-corrected chi connectivity index (χ4v) is 0.986. The molecule has 0 fully saturated rings. The second-order valence-electron chi connectivity index (χ2n) is 2.88. The summed E-state index contributed by atoms with van der Waals surface area (Å²) in [5.41, 5.74) is 3.77. The van der Waals surface area contributed by atoms with Crippen molar-refractivity contribution in [1.29, 1.82) is 0 Å². The lowest BCUT2D eigenvalue weighted by atomic mass is 10.0. The Morgan fingerprint density at radius 3 is 2.18 bits per heavy atom. The normalized spacial score (nSPS) is 12.3. The molecule has 0 saturated carbocycles. The van der Waals surface area contributed by atoms with Gasteiger partial charge in [0, 0.05) is 0 Å². The van der Waals surface area contributed by atoms with Gasteiger partial charge in [-0.05, 0) is 31.4 Å². The number of rotatable bonds is 4. The van der Waals surface area contributed by atoms with Gasteiger partial charge < -0.3 is 0 Å². The van der Waals surface area contributed by atoms with E-state index in [9.17, 15) is 0 Å². The summed E-state index contributed by atoms with van der Waals surface area (Å²) >= 11 is 0. The Labute approximate surface area is 70.3 Å². The molecule has 0 spiro atoms. The molecule has 0 aromatic rings. The van der Waals surface area contributed by atoms with E-state index >= 15 is 0 Å². The molecule has 0 heterocycles. The fraction of sp³-hybridized carbons (Fsp3) is 0.455. The standard InChI is InChI=1S/C11H18/c1-6-8-11(7-2)10(5)9(3)4/h7H,2-3,6,8H2,1,4-5H3/b11-10+. The van der Waals surface area contributed by atoms with Crippen LogP contribution in [0, 0.1) is 0 Å². The van der Waals surface area contributed by atoms with Crippen LogP contribution < -0.4 is 0 Å². The molecular formula is C11H18. The third-order valence-electron chi connectivity index (χ3n) is 1.89. The summed E-state index contributed by atoms with van der Waals surface area (Å²) in [4.78, 5) is 0. The summed E-state index contributed by atoms with van der Waals surface area (Å²) in [5, 5.41) is 0. The van der Waals surface area contributed by atoms with Crippen LogP contribution in [0.1, 0.15) is 33.6 Å². The maximum absolute atomic E-state index is 3.90. The molecule has 0 nitrogen and oxygen atoms in total. The molecule has 0 aliphatic rings. The summed E-state index contributed by atoms with van der Waals surface area (Å²) < 4.78 is 0. The quantitative estimate of drug-likeness (QED) is 0.534. The van der Waals surface area contributed by atoms with Crippen molar-refractivity contribution in [1.82, 2.24) is 0 Å². The third-order valence-corrected chi connectivity index (χ3v) is 1.89. The minimum Gasteiger partial charge on any atom is -0.0988 e. The SMILES string of the molecule is C=C/C(CCC)=C(/C)C(=C)C. The predicted molar refractivity (Wildman–Crippen MR) is 52.6 cm³/mol. The molecule has 11 heavy (non-hydrogen) atoms. The lowest BCUT2D eigenvalue weighted by molar-refractivity contribution is 0.915. The van der Waals surface area contributed by atoms with Crippen molar-refractivity contribution in [2.45, 2.75) is 33.6 Å². The summed E-state index contributed by atoms with van der Waals surface area (Å²) in [6.45, 7) is 14.0. The van der Waals surface area contributed by atoms with Crippen molar-refractivity contribution >= 4 is 0 Å². The Balaban J connectivity index is 4.53. The largest absolute Gasteiger partial charge is 0.0988 e. The Morgan fingerprint density at radius 1 is 1.36 bits per heavy atom. The van der Waals surface area contributed by atoms with E-state index in [0.29, 0.717) is 0 Å². The van der Waals surface area contributed by atoms with Crippen LogP contribution in [-0.4, -0.2) is 0 Å². The molecule has 0 heteroatoms. The second-order valence-corrected chi connectivity index (χ2v) is 2.88. The van der Waals surface area contributed by atoms with Crippen molar-refractivity contribution < 1.29 is 0 Å². The van der Waals surface area contributed by atoms with Gasteiger partial charge in [0.2, 0.25) is 0 Å². The molecule has 0 saturated heterocycles. The van der Waals surface area contributed by atoms with Crippen molar-refractivity contribution in [2.75, 3.05) is 0 Å². The zero-order chi connectivity index (χ0) is 8.85. The molecule has 0 bridgehead atoms. The van der Waals surface area contributed by atoms with E-state index < -0.39 is 0 Å². The second kappa shape index (κ2) is 4.95. The van der Waals surface area contributed by atoms with Crippen LogP contribution in [0.2, 0.25) is 0 Å². The fourth-order valence-electron chi connectivity index (χ4n) is 0.986. The average molecular weight is 150 g/mol. The van der Waals surface area contributed by atoms with Crippen LogP contribution in [0.15, 0.2) is 36.0 Å². The molecule has 0 aromatic carbocycles. The lowest BCUT2D eigenvalue weighted by Crippen LogP contribution is -1.86. The summed E-state index contributed by atoms with van der Waals surface area (Å²) in [5.74, 6) is 0. The molecule has 0 aliphatic carbocycles.